The SMILES string of the molecule is CCc1nc2ccc(OC)cc2c2c1O[C@]1(CC2)C[C@H]2C(=O)N[C@]3(C(=O)NS(=O)(=O)C4(C)CC4)C=C[C@H]3/C=C\CCCCC[C@H](NC(=O)OCC(C)C)C(=O)N2C1. The third kappa shape index (κ3) is 7.83. The van der Waals surface area contributed by atoms with Gasteiger partial charge in [0, 0.05) is 23.3 Å². The molecule has 14 nitrogen and oxygen atoms in total. The van der Waals surface area contributed by atoms with Crippen LogP contribution in [-0.2, 0) is 42.0 Å². The summed E-state index contributed by atoms with van der Waals surface area (Å²) in [5.41, 5.74) is -0.178. The monoisotopic (exact) mass is 805 g/mol. The van der Waals surface area contributed by atoms with Gasteiger partial charge in [0.2, 0.25) is 21.8 Å². The first kappa shape index (κ1) is 40.5. The van der Waals surface area contributed by atoms with E-state index in [4.69, 9.17) is 19.2 Å². The number of aryl methyl sites for hydroxylation is 2. The molecular weight excluding hydrogens is 751 g/mol. The lowest BCUT2D eigenvalue weighted by Gasteiger charge is -2.42. The van der Waals surface area contributed by atoms with Gasteiger partial charge in [0.25, 0.3) is 5.91 Å². The van der Waals surface area contributed by atoms with Gasteiger partial charge in [0.05, 0.1) is 36.2 Å². The van der Waals surface area contributed by atoms with Crippen molar-refractivity contribution in [1.29, 1.82) is 0 Å². The number of pyridine rings is 1. The normalized spacial score (nSPS) is 28.7. The molecule has 1 aromatic carbocycles. The van der Waals surface area contributed by atoms with E-state index in [0.29, 0.717) is 62.9 Å². The van der Waals surface area contributed by atoms with Crippen molar-refractivity contribution in [3.8, 4) is 11.5 Å². The molecule has 1 aromatic heterocycles. The van der Waals surface area contributed by atoms with Gasteiger partial charge in [0.15, 0.2) is 0 Å². The van der Waals surface area contributed by atoms with Crippen LogP contribution in [0.4, 0.5) is 4.79 Å². The predicted molar refractivity (Wildman–Crippen MR) is 213 cm³/mol. The van der Waals surface area contributed by atoms with Crippen LogP contribution in [0.25, 0.3) is 10.9 Å². The average Bonchev–Trinajstić information content (AvgIpc) is 3.84. The Morgan fingerprint density at radius 3 is 2.60 bits per heavy atom. The van der Waals surface area contributed by atoms with Gasteiger partial charge in [-0.3, -0.25) is 19.1 Å². The standard InChI is InChI=1S/C42H55N5O9S/c1-6-31-35-29(30-22-28(54-5)14-15-32(30)43-31)17-18-41(56-35)23-34-36(48)45-42(38(50)46-57(52,53)40(4)20-21-40)19-16-27(42)12-10-8-7-9-11-13-33(37(49)47(34)25-41)44-39(51)55-24-26(2)3/h10,12,14-16,19,22,26-27,33-34H,6-9,11,13,17-18,20-21,23-25H2,1-5H3,(H,44,51)(H,45,48)(H,46,50)/b12-10-/t27-,33+,34+,41-,42-/m1/s1. The highest BCUT2D eigenvalue weighted by atomic mass is 32.2. The predicted octanol–water partition coefficient (Wildman–Crippen LogP) is 4.78. The second-order valence-corrected chi connectivity index (χ2v) is 19.2. The van der Waals surface area contributed by atoms with Crippen molar-refractivity contribution in [2.75, 3.05) is 20.3 Å². The largest absolute Gasteiger partial charge is 0.497 e. The third-order valence-corrected chi connectivity index (χ3v) is 14.4. The van der Waals surface area contributed by atoms with Gasteiger partial charge in [-0.15, -0.1) is 0 Å². The van der Waals surface area contributed by atoms with Crippen molar-refractivity contribution in [1.82, 2.24) is 25.2 Å². The van der Waals surface area contributed by atoms with Gasteiger partial charge < -0.3 is 29.7 Å². The highest BCUT2D eigenvalue weighted by Gasteiger charge is 2.58. The molecule has 0 unspecified atom stereocenters. The molecule has 15 heteroatoms. The first-order chi connectivity index (χ1) is 27.1. The van der Waals surface area contributed by atoms with Crippen LogP contribution in [0.1, 0.15) is 96.7 Å². The van der Waals surface area contributed by atoms with E-state index < -0.39 is 67.7 Å². The van der Waals surface area contributed by atoms with E-state index >= 15 is 0 Å². The highest BCUT2D eigenvalue weighted by Crippen LogP contribution is 2.46. The van der Waals surface area contributed by atoms with E-state index in [-0.39, 0.29) is 25.5 Å². The summed E-state index contributed by atoms with van der Waals surface area (Å²) in [6.07, 6.45) is 12.1. The Hall–Kier alpha value is -4.66. The molecule has 2 aliphatic carbocycles. The zero-order chi connectivity index (χ0) is 40.8. The zero-order valence-corrected chi connectivity index (χ0v) is 34.3. The number of nitrogens with one attached hydrogen (secondary N) is 3. The Balaban J connectivity index is 1.26. The molecule has 1 saturated carbocycles. The molecule has 57 heavy (non-hydrogen) atoms. The maximum atomic E-state index is 14.8. The molecule has 2 fully saturated rings. The molecule has 308 valence electrons. The number of allylic oxidation sites excluding steroid dienone is 1. The molecule has 4 heterocycles. The number of aromatic nitrogens is 1. The molecule has 3 aliphatic heterocycles. The first-order valence-corrected chi connectivity index (χ1v) is 21.8. The maximum absolute atomic E-state index is 14.8. The second-order valence-electron chi connectivity index (χ2n) is 17.0. The highest BCUT2D eigenvalue weighted by molar-refractivity contribution is 7.91. The summed E-state index contributed by atoms with van der Waals surface area (Å²) in [4.78, 5) is 63.2. The topological polar surface area (TPSA) is 182 Å². The van der Waals surface area contributed by atoms with Gasteiger partial charge >= 0.3 is 6.09 Å². The molecule has 3 N–H and O–H groups in total. The number of ether oxygens (including phenoxy) is 3. The van der Waals surface area contributed by atoms with Gasteiger partial charge in [-0.05, 0) is 82.4 Å². The summed E-state index contributed by atoms with van der Waals surface area (Å²) in [6.45, 7) is 7.63. The Kier molecular flexibility index (Phi) is 11.1. The smallest absolute Gasteiger partial charge is 0.407 e. The number of amides is 4. The minimum absolute atomic E-state index is 0.0347. The first-order valence-electron chi connectivity index (χ1n) is 20.3. The fourth-order valence-corrected chi connectivity index (χ4v) is 9.67. The van der Waals surface area contributed by atoms with Crippen LogP contribution in [0.2, 0.25) is 0 Å². The van der Waals surface area contributed by atoms with Gasteiger partial charge in [-0.1, -0.05) is 57.9 Å². The zero-order valence-electron chi connectivity index (χ0n) is 33.5. The summed E-state index contributed by atoms with van der Waals surface area (Å²) in [6, 6.07) is 3.62. The maximum Gasteiger partial charge on any atom is 0.407 e. The number of fused-ring (bicyclic) bond motifs is 5. The number of sulfonamides is 1. The van der Waals surface area contributed by atoms with Crippen molar-refractivity contribution < 1.29 is 41.8 Å². The van der Waals surface area contributed by atoms with Gasteiger partial charge in [-0.25, -0.2) is 18.2 Å². The number of hydrogen-bond acceptors (Lipinski definition) is 10. The average molecular weight is 806 g/mol. The number of nitrogens with zero attached hydrogens (tertiary/aromatic N) is 2. The van der Waals surface area contributed by atoms with Crippen molar-refractivity contribution in [3.63, 3.8) is 0 Å². The summed E-state index contributed by atoms with van der Waals surface area (Å²) in [5.74, 6) is -1.18. The fourth-order valence-electron chi connectivity index (χ4n) is 8.37. The van der Waals surface area contributed by atoms with Crippen LogP contribution in [0.5, 0.6) is 11.5 Å². The number of rotatable bonds is 8. The van der Waals surface area contributed by atoms with E-state index in [9.17, 15) is 27.6 Å². The Morgan fingerprint density at radius 1 is 1.12 bits per heavy atom. The Bertz CT molecular complexity index is 2110. The molecular formula is C42H55N5O9S. The number of hydrogen-bond donors (Lipinski definition) is 3. The lowest BCUT2D eigenvalue weighted by atomic mass is 9.73. The van der Waals surface area contributed by atoms with E-state index in [1.807, 2.05) is 51.1 Å². The minimum Gasteiger partial charge on any atom is -0.497 e. The Labute approximate surface area is 334 Å². The summed E-state index contributed by atoms with van der Waals surface area (Å²) in [5, 5.41) is 6.63. The van der Waals surface area contributed by atoms with Crippen molar-refractivity contribution in [3.05, 3.63) is 53.8 Å². The van der Waals surface area contributed by atoms with E-state index in [1.54, 1.807) is 20.1 Å². The van der Waals surface area contributed by atoms with Crippen LogP contribution in [0, 0.1) is 11.8 Å². The fraction of sp³-hybridized carbons (Fsp3) is 0.595. The van der Waals surface area contributed by atoms with E-state index in [0.717, 1.165) is 35.0 Å². The third-order valence-electron chi connectivity index (χ3n) is 12.3. The molecule has 1 spiro atoms. The number of carbonyl (C=O) groups excluding carboxylic acids is 4. The summed E-state index contributed by atoms with van der Waals surface area (Å²) in [7, 11) is -2.43. The van der Waals surface area contributed by atoms with Crippen LogP contribution >= 0.6 is 0 Å². The van der Waals surface area contributed by atoms with Crippen LogP contribution < -0.4 is 24.8 Å². The summed E-state index contributed by atoms with van der Waals surface area (Å²) >= 11 is 0. The number of carbonyl (C=O) groups is 4. The molecule has 5 atom stereocenters. The van der Waals surface area contributed by atoms with Crippen LogP contribution in [0.3, 0.4) is 0 Å². The molecule has 0 radical (unpaired) electrons. The van der Waals surface area contributed by atoms with E-state index in [2.05, 4.69) is 15.4 Å². The van der Waals surface area contributed by atoms with E-state index in [1.165, 1.54) is 11.0 Å². The molecule has 2 aromatic rings. The van der Waals surface area contributed by atoms with Gasteiger partial charge in [0.1, 0.15) is 34.7 Å². The van der Waals surface area contributed by atoms with Crippen LogP contribution in [-0.4, -0.2) is 90.3 Å². The van der Waals surface area contributed by atoms with Crippen molar-refractivity contribution >= 4 is 44.7 Å². The van der Waals surface area contributed by atoms with Gasteiger partial charge in [-0.2, -0.15) is 0 Å². The Morgan fingerprint density at radius 2 is 1.91 bits per heavy atom. The van der Waals surface area contributed by atoms with Crippen molar-refractivity contribution in [2.45, 2.75) is 126 Å². The lowest BCUT2D eigenvalue weighted by molar-refractivity contribution is -0.142. The quantitative estimate of drug-likeness (QED) is 0.314. The number of benzene rings is 1. The number of alkyl carbamates (subject to hydrolysis) is 1. The molecule has 0 bridgehead atoms. The summed E-state index contributed by atoms with van der Waals surface area (Å²) < 4.78 is 45.8. The minimum atomic E-state index is -4.04. The lowest BCUT2D eigenvalue weighted by Crippen LogP contribution is -2.67. The van der Waals surface area contributed by atoms with Crippen LogP contribution in [0.15, 0.2) is 42.5 Å². The molecule has 7 rings (SSSR count). The van der Waals surface area contributed by atoms with Crippen molar-refractivity contribution in [2.24, 2.45) is 11.8 Å². The molecule has 1 saturated heterocycles. The number of methoxy groups -OCH3 is 1. The molecule has 4 amide bonds. The molecule has 5 aliphatic rings. The second kappa shape index (κ2) is 15.6.